The van der Waals surface area contributed by atoms with E-state index in [4.69, 9.17) is 4.42 Å². The number of nitrogens with one attached hydrogen (secondary N) is 1. The molecule has 1 aromatic carbocycles. The summed E-state index contributed by atoms with van der Waals surface area (Å²) in [6, 6.07) is 7.93. The highest BCUT2D eigenvalue weighted by Gasteiger charge is 2.30. The van der Waals surface area contributed by atoms with Crippen LogP contribution in [-0.4, -0.2) is 29.0 Å². The molecule has 2 rings (SSSR count). The third-order valence-corrected chi connectivity index (χ3v) is 4.28. The molecule has 0 aliphatic carbocycles. The number of aryl methyl sites for hydroxylation is 1. The average Bonchev–Trinajstić information content (AvgIpc) is 2.91. The summed E-state index contributed by atoms with van der Waals surface area (Å²) >= 11 is 0. The maximum atomic E-state index is 9.59. The predicted octanol–water partition coefficient (Wildman–Crippen LogP) is 2.78. The van der Waals surface area contributed by atoms with Crippen molar-refractivity contribution >= 4 is 11.0 Å². The van der Waals surface area contributed by atoms with Gasteiger partial charge in [0.05, 0.1) is 24.8 Å². The Hall–Kier alpha value is -1.36. The maximum absolute atomic E-state index is 9.59. The van der Waals surface area contributed by atoms with Gasteiger partial charge in [-0.15, -0.1) is 0 Å². The number of para-hydroxylation sites is 1. The second-order valence-electron chi connectivity index (χ2n) is 5.61. The van der Waals surface area contributed by atoms with Crippen molar-refractivity contribution in [2.45, 2.75) is 45.2 Å². The summed E-state index contributed by atoms with van der Waals surface area (Å²) in [5.41, 5.74) is 1.39. The molecule has 0 saturated carbocycles. The molecule has 0 bridgehead atoms. The molecule has 1 unspecified atom stereocenters. The minimum atomic E-state index is -0.677. The van der Waals surface area contributed by atoms with Gasteiger partial charge in [0.2, 0.25) is 0 Å². The number of hydrogen-bond acceptors (Lipinski definition) is 4. The molecule has 4 nitrogen and oxygen atoms in total. The Bertz CT molecular complexity index is 578. The van der Waals surface area contributed by atoms with Crippen molar-refractivity contribution in [1.82, 2.24) is 5.32 Å². The third kappa shape index (κ3) is 2.98. The molecule has 3 N–H and O–H groups in total. The van der Waals surface area contributed by atoms with Crippen LogP contribution < -0.4 is 5.32 Å². The molecular weight excluding hydrogens is 266 g/mol. The summed E-state index contributed by atoms with van der Waals surface area (Å²) in [5.74, 6) is 0.887. The molecular formula is C17H25NO3. The fourth-order valence-electron chi connectivity index (χ4n) is 2.82. The number of furan rings is 1. The summed E-state index contributed by atoms with van der Waals surface area (Å²) in [7, 11) is 0. The van der Waals surface area contributed by atoms with Crippen LogP contribution in [0, 0.1) is 0 Å². The van der Waals surface area contributed by atoms with Gasteiger partial charge in [0, 0.05) is 10.9 Å². The van der Waals surface area contributed by atoms with Gasteiger partial charge in [-0.2, -0.15) is 0 Å². The first kappa shape index (κ1) is 16.0. The average molecular weight is 291 g/mol. The van der Waals surface area contributed by atoms with Crippen LogP contribution >= 0.6 is 0 Å². The zero-order valence-electron chi connectivity index (χ0n) is 13.0. The topological polar surface area (TPSA) is 65.6 Å². The lowest BCUT2D eigenvalue weighted by molar-refractivity contribution is 0.0769. The van der Waals surface area contributed by atoms with Crippen LogP contribution in [-0.2, 0) is 6.42 Å². The quantitative estimate of drug-likeness (QED) is 0.734. The highest BCUT2D eigenvalue weighted by Crippen LogP contribution is 2.31. The molecule has 1 atom stereocenters. The van der Waals surface area contributed by atoms with Gasteiger partial charge in [-0.1, -0.05) is 32.0 Å². The van der Waals surface area contributed by atoms with E-state index in [1.807, 2.05) is 32.0 Å². The first-order valence-electron chi connectivity index (χ1n) is 7.60. The van der Waals surface area contributed by atoms with Crippen LogP contribution in [0.25, 0.3) is 11.0 Å². The van der Waals surface area contributed by atoms with Crippen molar-refractivity contribution in [2.24, 2.45) is 0 Å². The van der Waals surface area contributed by atoms with Crippen molar-refractivity contribution < 1.29 is 14.6 Å². The molecule has 0 saturated heterocycles. The Morgan fingerprint density at radius 1 is 1.19 bits per heavy atom. The van der Waals surface area contributed by atoms with Gasteiger partial charge in [-0.25, -0.2) is 0 Å². The lowest BCUT2D eigenvalue weighted by atomic mass is 9.95. The zero-order chi connectivity index (χ0) is 15.5. The van der Waals surface area contributed by atoms with E-state index >= 15 is 0 Å². The van der Waals surface area contributed by atoms with Gasteiger partial charge >= 0.3 is 0 Å². The first-order chi connectivity index (χ1) is 10.1. The van der Waals surface area contributed by atoms with E-state index in [0.29, 0.717) is 6.42 Å². The van der Waals surface area contributed by atoms with Gasteiger partial charge in [0.1, 0.15) is 11.3 Å². The largest absolute Gasteiger partial charge is 0.459 e. The van der Waals surface area contributed by atoms with Crippen molar-refractivity contribution in [1.29, 1.82) is 0 Å². The van der Waals surface area contributed by atoms with Crippen molar-refractivity contribution in [3.63, 3.8) is 0 Å². The fourth-order valence-corrected chi connectivity index (χ4v) is 2.82. The molecule has 0 amide bonds. The molecule has 4 heteroatoms. The van der Waals surface area contributed by atoms with Crippen LogP contribution in [0.15, 0.2) is 28.7 Å². The molecule has 0 spiro atoms. The van der Waals surface area contributed by atoms with E-state index in [-0.39, 0.29) is 19.3 Å². The number of hydrogen-bond donors (Lipinski definition) is 3. The Morgan fingerprint density at radius 3 is 2.43 bits per heavy atom. The summed E-state index contributed by atoms with van der Waals surface area (Å²) in [6.45, 7) is 5.86. The normalized spacial score (nSPS) is 13.8. The van der Waals surface area contributed by atoms with Crippen molar-refractivity contribution in [3.8, 4) is 0 Å². The first-order valence-corrected chi connectivity index (χ1v) is 7.60. The number of fused-ring (bicyclic) bond motifs is 1. The molecule has 1 heterocycles. The van der Waals surface area contributed by atoms with Gasteiger partial charge in [-0.05, 0) is 25.8 Å². The van der Waals surface area contributed by atoms with E-state index in [2.05, 4.69) is 18.3 Å². The third-order valence-electron chi connectivity index (χ3n) is 4.28. The predicted molar refractivity (Wildman–Crippen MR) is 84.3 cm³/mol. The molecule has 1 aromatic heterocycles. The van der Waals surface area contributed by atoms with E-state index in [1.54, 1.807) is 0 Å². The zero-order valence-corrected chi connectivity index (χ0v) is 13.0. The minimum absolute atomic E-state index is 0.0772. The second-order valence-corrected chi connectivity index (χ2v) is 5.61. The van der Waals surface area contributed by atoms with E-state index in [0.717, 1.165) is 23.2 Å². The number of aliphatic hydroxyl groups is 2. The number of benzene rings is 1. The Labute approximate surface area is 125 Å². The minimum Gasteiger partial charge on any atom is -0.459 e. The fraction of sp³-hybridized carbons (Fsp3) is 0.529. The maximum Gasteiger partial charge on any atom is 0.134 e. The molecule has 0 aliphatic rings. The molecule has 0 radical (unpaired) electrons. The van der Waals surface area contributed by atoms with Crippen molar-refractivity contribution in [3.05, 3.63) is 35.6 Å². The highest BCUT2D eigenvalue weighted by molar-refractivity contribution is 5.82. The van der Waals surface area contributed by atoms with Gasteiger partial charge < -0.3 is 14.6 Å². The summed E-state index contributed by atoms with van der Waals surface area (Å²) in [4.78, 5) is 0. The summed E-state index contributed by atoms with van der Waals surface area (Å²) < 4.78 is 6.01. The summed E-state index contributed by atoms with van der Waals surface area (Å²) in [5, 5.41) is 23.6. The highest BCUT2D eigenvalue weighted by atomic mass is 16.3. The summed E-state index contributed by atoms with van der Waals surface area (Å²) in [6.07, 6.45) is 1.53. The van der Waals surface area contributed by atoms with Crippen LogP contribution in [0.1, 0.15) is 44.6 Å². The number of rotatable bonds is 7. The van der Waals surface area contributed by atoms with Crippen LogP contribution in [0.4, 0.5) is 0 Å². The Kier molecular flexibility index (Phi) is 5.04. The van der Waals surface area contributed by atoms with Gasteiger partial charge in [-0.3, -0.25) is 5.32 Å². The lowest BCUT2D eigenvalue weighted by Crippen LogP contribution is -2.52. The molecule has 2 aromatic rings. The van der Waals surface area contributed by atoms with E-state index < -0.39 is 5.54 Å². The smallest absolute Gasteiger partial charge is 0.134 e. The SMILES string of the molecule is CCc1c(C(C)NC(CC)(CO)CO)oc2ccccc12. The monoisotopic (exact) mass is 291 g/mol. The van der Waals surface area contributed by atoms with Crippen molar-refractivity contribution in [2.75, 3.05) is 13.2 Å². The van der Waals surface area contributed by atoms with Crippen LogP contribution in [0.5, 0.6) is 0 Å². The van der Waals surface area contributed by atoms with Gasteiger partial charge in [0.15, 0.2) is 0 Å². The van der Waals surface area contributed by atoms with E-state index in [9.17, 15) is 10.2 Å². The van der Waals surface area contributed by atoms with Crippen LogP contribution in [0.2, 0.25) is 0 Å². The lowest BCUT2D eigenvalue weighted by Gasteiger charge is -2.32. The van der Waals surface area contributed by atoms with Crippen LogP contribution in [0.3, 0.4) is 0 Å². The second kappa shape index (κ2) is 6.60. The molecule has 116 valence electrons. The number of aliphatic hydroxyl groups excluding tert-OH is 2. The molecule has 0 aliphatic heterocycles. The standard InChI is InChI=1S/C17H25NO3/c1-4-13-14-8-6-7-9-15(14)21-16(13)12(3)18-17(5-2,10-19)11-20/h6-9,12,18-20H,4-5,10-11H2,1-3H3. The molecule has 21 heavy (non-hydrogen) atoms. The van der Waals surface area contributed by atoms with E-state index in [1.165, 1.54) is 5.56 Å². The molecule has 0 fully saturated rings. The Balaban J connectivity index is 2.37. The van der Waals surface area contributed by atoms with Gasteiger partial charge in [0.25, 0.3) is 0 Å². The Morgan fingerprint density at radius 2 is 1.86 bits per heavy atom.